The summed E-state index contributed by atoms with van der Waals surface area (Å²) in [4.78, 5) is 21.2. The van der Waals surface area contributed by atoms with Crippen LogP contribution in [-0.4, -0.2) is 22.6 Å². The van der Waals surface area contributed by atoms with E-state index in [0.717, 1.165) is 25.0 Å². The lowest BCUT2D eigenvalue weighted by atomic mass is 10.0. The Balaban J connectivity index is 4.11. The molecule has 0 saturated carbocycles. The number of ether oxygens (including phenoxy) is 1. The molecule has 0 aromatic heterocycles. The average molecular weight is 200 g/mol. The van der Waals surface area contributed by atoms with E-state index in [-0.39, 0.29) is 0 Å². The Kier molecular flexibility index (Phi) is 4.91. The Morgan fingerprint density at radius 3 is 2.36 bits per heavy atom. The monoisotopic (exact) mass is 200 g/mol. The topological polar surface area (TPSA) is 63.6 Å². The highest BCUT2D eigenvalue weighted by molar-refractivity contribution is 5.90. The minimum atomic E-state index is -1.16. The number of rotatable bonds is 5. The minimum absolute atomic E-state index is 0.533. The quantitative estimate of drug-likeness (QED) is 0.542. The number of carbonyl (C=O) groups is 2. The molecule has 0 spiro atoms. The van der Waals surface area contributed by atoms with E-state index < -0.39 is 17.5 Å². The Hall–Kier alpha value is -1.32. The molecule has 0 rings (SSSR count). The normalized spacial score (nSPS) is 11.6. The highest BCUT2D eigenvalue weighted by atomic mass is 16.6. The standard InChI is InChI=1S/C10H16O4/c1-4-7-10(2,3)14-9(13)6-5-8(11)12/h5-6H,4,7H2,1-3H3,(H,11,12)/b6-5-. The Morgan fingerprint density at radius 1 is 1.36 bits per heavy atom. The third kappa shape index (κ3) is 6.22. The Labute approximate surface area is 83.6 Å². The average Bonchev–Trinajstić information content (AvgIpc) is 1.99. The highest BCUT2D eigenvalue weighted by Gasteiger charge is 2.20. The molecule has 0 atom stereocenters. The van der Waals surface area contributed by atoms with E-state index >= 15 is 0 Å². The number of aliphatic carboxylic acids is 1. The Morgan fingerprint density at radius 2 is 1.93 bits per heavy atom. The van der Waals surface area contributed by atoms with Gasteiger partial charge in [0.15, 0.2) is 0 Å². The van der Waals surface area contributed by atoms with E-state index in [9.17, 15) is 9.59 Å². The molecule has 0 aliphatic rings. The van der Waals surface area contributed by atoms with Gasteiger partial charge in [-0.15, -0.1) is 0 Å². The van der Waals surface area contributed by atoms with Crippen LogP contribution in [-0.2, 0) is 14.3 Å². The molecule has 0 aromatic rings. The summed E-state index contributed by atoms with van der Waals surface area (Å²) in [5.41, 5.74) is -0.533. The van der Waals surface area contributed by atoms with E-state index in [1.54, 1.807) is 13.8 Å². The lowest BCUT2D eigenvalue weighted by molar-refractivity contribution is -0.151. The lowest BCUT2D eigenvalue weighted by Crippen LogP contribution is -2.26. The first-order chi connectivity index (χ1) is 6.37. The van der Waals surface area contributed by atoms with Gasteiger partial charge in [0.05, 0.1) is 0 Å². The molecule has 0 aliphatic carbocycles. The third-order valence-corrected chi connectivity index (χ3v) is 1.59. The zero-order valence-corrected chi connectivity index (χ0v) is 8.74. The zero-order chi connectivity index (χ0) is 11.2. The van der Waals surface area contributed by atoms with Crippen LogP contribution in [0, 0.1) is 0 Å². The molecule has 0 bridgehead atoms. The van der Waals surface area contributed by atoms with Crippen molar-refractivity contribution < 1.29 is 19.4 Å². The summed E-state index contributed by atoms with van der Waals surface area (Å²) in [6.45, 7) is 5.58. The first kappa shape index (κ1) is 12.7. The van der Waals surface area contributed by atoms with E-state index in [4.69, 9.17) is 9.84 Å². The molecule has 4 nitrogen and oxygen atoms in total. The van der Waals surface area contributed by atoms with Gasteiger partial charge in [0.25, 0.3) is 0 Å². The van der Waals surface area contributed by atoms with Crippen molar-refractivity contribution in [1.82, 2.24) is 0 Å². The number of hydrogen-bond donors (Lipinski definition) is 1. The molecular weight excluding hydrogens is 184 g/mol. The Bertz CT molecular complexity index is 241. The molecule has 80 valence electrons. The van der Waals surface area contributed by atoms with Crippen molar-refractivity contribution in [2.75, 3.05) is 0 Å². The molecular formula is C10H16O4. The number of hydrogen-bond acceptors (Lipinski definition) is 3. The van der Waals surface area contributed by atoms with E-state index in [1.165, 1.54) is 0 Å². The highest BCUT2D eigenvalue weighted by Crippen LogP contribution is 2.16. The summed E-state index contributed by atoms with van der Waals surface area (Å²) in [7, 11) is 0. The van der Waals surface area contributed by atoms with Crippen LogP contribution < -0.4 is 0 Å². The van der Waals surface area contributed by atoms with Gasteiger partial charge in [-0.25, -0.2) is 9.59 Å². The first-order valence-electron chi connectivity index (χ1n) is 4.51. The van der Waals surface area contributed by atoms with Crippen molar-refractivity contribution >= 4 is 11.9 Å². The van der Waals surface area contributed by atoms with Crippen LogP contribution in [0.25, 0.3) is 0 Å². The van der Waals surface area contributed by atoms with Gasteiger partial charge in [0.1, 0.15) is 5.60 Å². The number of carboxylic acid groups (broad SMARTS) is 1. The van der Waals surface area contributed by atoms with Gasteiger partial charge < -0.3 is 9.84 Å². The smallest absolute Gasteiger partial charge is 0.331 e. The van der Waals surface area contributed by atoms with Crippen LogP contribution in [0.15, 0.2) is 12.2 Å². The van der Waals surface area contributed by atoms with E-state index in [0.29, 0.717) is 0 Å². The predicted molar refractivity (Wildman–Crippen MR) is 51.9 cm³/mol. The lowest BCUT2D eigenvalue weighted by Gasteiger charge is -2.23. The van der Waals surface area contributed by atoms with Gasteiger partial charge in [-0.05, 0) is 20.3 Å². The van der Waals surface area contributed by atoms with Crippen LogP contribution in [0.1, 0.15) is 33.6 Å². The molecule has 0 saturated heterocycles. The maximum absolute atomic E-state index is 11.1. The van der Waals surface area contributed by atoms with Gasteiger partial charge in [0.2, 0.25) is 0 Å². The molecule has 4 heteroatoms. The van der Waals surface area contributed by atoms with Crippen molar-refractivity contribution in [1.29, 1.82) is 0 Å². The predicted octanol–water partition coefficient (Wildman–Crippen LogP) is 1.75. The summed E-state index contributed by atoms with van der Waals surface area (Å²) in [6, 6.07) is 0. The van der Waals surface area contributed by atoms with Crippen molar-refractivity contribution in [3.8, 4) is 0 Å². The van der Waals surface area contributed by atoms with Gasteiger partial charge in [-0.2, -0.15) is 0 Å². The molecule has 0 fully saturated rings. The molecule has 0 aliphatic heterocycles. The minimum Gasteiger partial charge on any atom is -0.478 e. The summed E-state index contributed by atoms with van der Waals surface area (Å²) >= 11 is 0. The molecule has 0 unspecified atom stereocenters. The van der Waals surface area contributed by atoms with Crippen LogP contribution in [0.3, 0.4) is 0 Å². The third-order valence-electron chi connectivity index (χ3n) is 1.59. The largest absolute Gasteiger partial charge is 0.478 e. The zero-order valence-electron chi connectivity index (χ0n) is 8.74. The van der Waals surface area contributed by atoms with Gasteiger partial charge >= 0.3 is 11.9 Å². The molecule has 0 radical (unpaired) electrons. The van der Waals surface area contributed by atoms with Crippen molar-refractivity contribution in [2.45, 2.75) is 39.2 Å². The SMILES string of the molecule is CCCC(C)(C)OC(=O)/C=C\C(=O)O. The summed E-state index contributed by atoms with van der Waals surface area (Å²) in [5.74, 6) is -1.78. The van der Waals surface area contributed by atoms with Crippen molar-refractivity contribution in [3.05, 3.63) is 12.2 Å². The first-order valence-corrected chi connectivity index (χ1v) is 4.51. The van der Waals surface area contributed by atoms with Gasteiger partial charge in [0, 0.05) is 12.2 Å². The van der Waals surface area contributed by atoms with Crippen LogP contribution in [0.2, 0.25) is 0 Å². The fraction of sp³-hybridized carbons (Fsp3) is 0.600. The second kappa shape index (κ2) is 5.42. The number of carbonyl (C=O) groups excluding carboxylic acids is 1. The van der Waals surface area contributed by atoms with Crippen molar-refractivity contribution in [2.24, 2.45) is 0 Å². The summed E-state index contributed by atoms with van der Waals surface area (Å²) < 4.78 is 5.04. The molecule has 1 N–H and O–H groups in total. The molecule has 0 amide bonds. The van der Waals surface area contributed by atoms with Crippen LogP contribution in [0.5, 0.6) is 0 Å². The van der Waals surface area contributed by atoms with E-state index in [1.807, 2.05) is 6.92 Å². The molecule has 0 aromatic carbocycles. The second-order valence-corrected chi connectivity index (χ2v) is 3.60. The van der Waals surface area contributed by atoms with Gasteiger partial charge in [-0.3, -0.25) is 0 Å². The van der Waals surface area contributed by atoms with Crippen molar-refractivity contribution in [3.63, 3.8) is 0 Å². The van der Waals surface area contributed by atoms with Crippen LogP contribution in [0.4, 0.5) is 0 Å². The van der Waals surface area contributed by atoms with Crippen LogP contribution >= 0.6 is 0 Å². The maximum Gasteiger partial charge on any atom is 0.331 e. The fourth-order valence-corrected chi connectivity index (χ4v) is 1.10. The molecule has 14 heavy (non-hydrogen) atoms. The summed E-state index contributed by atoms with van der Waals surface area (Å²) in [6.07, 6.45) is 3.34. The number of carboxylic acids is 1. The second-order valence-electron chi connectivity index (χ2n) is 3.60. The summed E-state index contributed by atoms with van der Waals surface area (Å²) in [5, 5.41) is 8.27. The van der Waals surface area contributed by atoms with Gasteiger partial charge in [-0.1, -0.05) is 13.3 Å². The van der Waals surface area contributed by atoms with E-state index in [2.05, 4.69) is 0 Å². The molecule has 0 heterocycles. The number of esters is 1. The maximum atomic E-state index is 11.1. The fourth-order valence-electron chi connectivity index (χ4n) is 1.10.